The van der Waals surface area contributed by atoms with Crippen LogP contribution in [0.4, 0.5) is 0 Å². The number of ether oxygens (including phenoxy) is 1. The number of hydrogen-bond donors (Lipinski definition) is 1. The first kappa shape index (κ1) is 22.2. The van der Waals surface area contributed by atoms with E-state index in [1.165, 1.54) is 0 Å². The fraction of sp³-hybridized carbons (Fsp3) is 0.435. The van der Waals surface area contributed by atoms with Crippen LogP contribution in [0.25, 0.3) is 0 Å². The predicted octanol–water partition coefficient (Wildman–Crippen LogP) is 3.36. The second kappa shape index (κ2) is 10.5. The Morgan fingerprint density at radius 3 is 2.27 bits per heavy atom. The van der Waals surface area contributed by atoms with Gasteiger partial charge in [-0.1, -0.05) is 43.3 Å². The van der Waals surface area contributed by atoms with Crippen LogP contribution < -0.4 is 10.1 Å². The number of likely N-dealkylation sites (tertiary alicyclic amines) is 1. The Morgan fingerprint density at radius 2 is 1.70 bits per heavy atom. The number of nitrogens with one attached hydrogen (secondary N) is 1. The van der Waals surface area contributed by atoms with E-state index < -0.39 is 9.84 Å². The van der Waals surface area contributed by atoms with Gasteiger partial charge in [0.15, 0.2) is 15.8 Å². The summed E-state index contributed by atoms with van der Waals surface area (Å²) in [4.78, 5) is 6.95. The highest BCUT2D eigenvalue weighted by Crippen LogP contribution is 2.19. The number of aliphatic imine (C=N–C) groups is 1. The van der Waals surface area contributed by atoms with Gasteiger partial charge in [0.25, 0.3) is 0 Å². The minimum Gasteiger partial charge on any atom is -0.490 e. The van der Waals surface area contributed by atoms with E-state index >= 15 is 0 Å². The number of hydrogen-bond acceptors (Lipinski definition) is 4. The van der Waals surface area contributed by atoms with Gasteiger partial charge in [0, 0.05) is 39.0 Å². The molecule has 1 N–H and O–H groups in total. The molecule has 162 valence electrons. The zero-order chi connectivity index (χ0) is 21.4. The van der Waals surface area contributed by atoms with Gasteiger partial charge >= 0.3 is 0 Å². The molecule has 1 fully saturated rings. The number of sulfone groups is 1. The maximum Gasteiger partial charge on any atom is 0.193 e. The Kier molecular flexibility index (Phi) is 7.74. The van der Waals surface area contributed by atoms with Crippen LogP contribution in [0.5, 0.6) is 5.75 Å². The van der Waals surface area contributed by atoms with Crippen LogP contribution in [0.15, 0.2) is 70.6 Å². The molecule has 1 heterocycles. The van der Waals surface area contributed by atoms with Crippen LogP contribution in [0.2, 0.25) is 0 Å². The summed E-state index contributed by atoms with van der Waals surface area (Å²) >= 11 is 0. The van der Waals surface area contributed by atoms with Gasteiger partial charge in [0.1, 0.15) is 11.9 Å². The van der Waals surface area contributed by atoms with E-state index in [0.717, 1.165) is 37.6 Å². The van der Waals surface area contributed by atoms with E-state index in [1.807, 2.05) is 43.3 Å². The maximum absolute atomic E-state index is 12.8. The van der Waals surface area contributed by atoms with Gasteiger partial charge in [-0.2, -0.15) is 0 Å². The highest BCUT2D eigenvalue weighted by Gasteiger charge is 2.26. The molecule has 30 heavy (non-hydrogen) atoms. The summed E-state index contributed by atoms with van der Waals surface area (Å²) in [5.41, 5.74) is 0. The zero-order valence-electron chi connectivity index (χ0n) is 17.7. The molecule has 6 nitrogen and oxygen atoms in total. The van der Waals surface area contributed by atoms with Crippen molar-refractivity contribution in [1.82, 2.24) is 10.2 Å². The number of para-hydroxylation sites is 1. The molecule has 0 radical (unpaired) electrons. The van der Waals surface area contributed by atoms with Gasteiger partial charge in [-0.3, -0.25) is 4.99 Å². The molecule has 7 heteroatoms. The Morgan fingerprint density at radius 1 is 1.10 bits per heavy atom. The van der Waals surface area contributed by atoms with E-state index in [4.69, 9.17) is 4.74 Å². The third-order valence-corrected chi connectivity index (χ3v) is 7.18. The fourth-order valence-electron chi connectivity index (χ4n) is 3.61. The maximum atomic E-state index is 12.8. The highest BCUT2D eigenvalue weighted by molar-refractivity contribution is 7.91. The summed E-state index contributed by atoms with van der Waals surface area (Å²) in [6.07, 6.45) is 2.67. The Labute approximate surface area is 179 Å². The molecular weight excluding hydrogens is 398 g/mol. The van der Waals surface area contributed by atoms with Crippen molar-refractivity contribution in [2.45, 2.75) is 43.2 Å². The van der Waals surface area contributed by atoms with Gasteiger partial charge in [0.05, 0.1) is 10.6 Å². The van der Waals surface area contributed by atoms with Gasteiger partial charge in [-0.25, -0.2) is 8.42 Å². The molecule has 0 aliphatic carbocycles. The van der Waals surface area contributed by atoms with E-state index in [-0.39, 0.29) is 17.9 Å². The number of guanidine groups is 1. The molecule has 2 aromatic rings. The zero-order valence-corrected chi connectivity index (χ0v) is 18.5. The van der Waals surface area contributed by atoms with Crippen LogP contribution in [0, 0.1) is 0 Å². The molecule has 0 saturated carbocycles. The number of piperidine rings is 1. The predicted molar refractivity (Wildman–Crippen MR) is 121 cm³/mol. The second-order valence-electron chi connectivity index (χ2n) is 7.51. The minimum absolute atomic E-state index is 0.0418. The molecule has 0 aromatic heterocycles. The van der Waals surface area contributed by atoms with Gasteiger partial charge in [-0.05, 0) is 30.7 Å². The van der Waals surface area contributed by atoms with Crippen LogP contribution in [0.1, 0.15) is 26.2 Å². The second-order valence-corrected chi connectivity index (χ2v) is 9.54. The van der Waals surface area contributed by atoms with Crippen LogP contribution in [-0.2, 0) is 9.84 Å². The molecule has 1 atom stereocenters. The molecule has 1 unspecified atom stereocenters. The smallest absolute Gasteiger partial charge is 0.193 e. The fourth-order valence-corrected chi connectivity index (χ4v) is 5.22. The molecule has 1 saturated heterocycles. The first-order chi connectivity index (χ1) is 14.5. The van der Waals surface area contributed by atoms with E-state index in [2.05, 4.69) is 15.2 Å². The first-order valence-corrected chi connectivity index (χ1v) is 12.1. The van der Waals surface area contributed by atoms with Crippen molar-refractivity contribution >= 4 is 15.8 Å². The molecule has 0 spiro atoms. The summed E-state index contributed by atoms with van der Waals surface area (Å²) in [5.74, 6) is 1.69. The van der Waals surface area contributed by atoms with E-state index in [1.54, 1.807) is 31.3 Å². The molecular formula is C23H31N3O3S. The third-order valence-electron chi connectivity index (χ3n) is 5.35. The van der Waals surface area contributed by atoms with Crippen LogP contribution >= 0.6 is 0 Å². The average Bonchev–Trinajstić information content (AvgIpc) is 2.78. The van der Waals surface area contributed by atoms with Gasteiger partial charge in [-0.15, -0.1) is 0 Å². The molecule has 0 amide bonds. The third kappa shape index (κ3) is 5.98. The van der Waals surface area contributed by atoms with Crippen molar-refractivity contribution in [1.29, 1.82) is 0 Å². The molecule has 1 aliphatic rings. The van der Waals surface area contributed by atoms with Crippen molar-refractivity contribution in [3.8, 4) is 5.75 Å². The lowest BCUT2D eigenvalue weighted by Crippen LogP contribution is -2.51. The van der Waals surface area contributed by atoms with Gasteiger partial charge in [0.2, 0.25) is 0 Å². The van der Waals surface area contributed by atoms with Crippen molar-refractivity contribution in [2.75, 3.05) is 25.9 Å². The average molecular weight is 430 g/mol. The summed E-state index contributed by atoms with van der Waals surface area (Å²) < 4.78 is 31.6. The SMILES string of the molecule is CCC(CS(=O)(=O)c1ccccc1)NC(=NC)N1CCC(Oc2ccccc2)CC1. The summed E-state index contributed by atoms with van der Waals surface area (Å²) in [6.45, 7) is 3.63. The summed E-state index contributed by atoms with van der Waals surface area (Å²) in [6, 6.07) is 18.3. The Balaban J connectivity index is 1.55. The summed E-state index contributed by atoms with van der Waals surface area (Å²) in [5, 5.41) is 3.37. The van der Waals surface area contributed by atoms with Gasteiger partial charge < -0.3 is 15.0 Å². The normalized spacial score (nSPS) is 16.9. The van der Waals surface area contributed by atoms with Crippen molar-refractivity contribution in [3.05, 3.63) is 60.7 Å². The minimum atomic E-state index is -3.36. The first-order valence-electron chi connectivity index (χ1n) is 10.5. The topological polar surface area (TPSA) is 71.0 Å². The van der Waals surface area contributed by atoms with Crippen LogP contribution in [0.3, 0.4) is 0 Å². The van der Waals surface area contributed by atoms with Crippen molar-refractivity contribution in [3.63, 3.8) is 0 Å². The summed E-state index contributed by atoms with van der Waals surface area (Å²) in [7, 11) is -1.61. The largest absolute Gasteiger partial charge is 0.490 e. The molecule has 0 bridgehead atoms. The quantitative estimate of drug-likeness (QED) is 0.540. The standard InChI is InChI=1S/C23H31N3O3S/c1-3-19(18-30(27,28)22-12-8-5-9-13-22)25-23(24-2)26-16-14-21(15-17-26)29-20-10-6-4-7-11-20/h4-13,19,21H,3,14-18H2,1-2H3,(H,24,25). The highest BCUT2D eigenvalue weighted by atomic mass is 32.2. The molecule has 2 aromatic carbocycles. The number of nitrogens with zero attached hydrogens (tertiary/aromatic N) is 2. The lowest BCUT2D eigenvalue weighted by molar-refractivity contribution is 0.129. The van der Waals surface area contributed by atoms with Crippen molar-refractivity contribution < 1.29 is 13.2 Å². The molecule has 3 rings (SSSR count). The Bertz CT molecular complexity index is 909. The van der Waals surface area contributed by atoms with Crippen molar-refractivity contribution in [2.24, 2.45) is 4.99 Å². The van der Waals surface area contributed by atoms with E-state index in [9.17, 15) is 8.42 Å². The molecule has 1 aliphatic heterocycles. The lowest BCUT2D eigenvalue weighted by atomic mass is 10.1. The lowest BCUT2D eigenvalue weighted by Gasteiger charge is -2.35. The number of benzene rings is 2. The Hall–Kier alpha value is -2.54. The monoisotopic (exact) mass is 429 g/mol. The van der Waals surface area contributed by atoms with Crippen LogP contribution in [-0.4, -0.2) is 57.3 Å². The van der Waals surface area contributed by atoms with E-state index in [0.29, 0.717) is 11.3 Å². The number of rotatable bonds is 7.